The summed E-state index contributed by atoms with van der Waals surface area (Å²) in [5.41, 5.74) is 8.95. The summed E-state index contributed by atoms with van der Waals surface area (Å²) >= 11 is 2.61. The van der Waals surface area contributed by atoms with Gasteiger partial charge in [-0.25, -0.2) is 14.6 Å². The number of nitrogens with zero attached hydrogens (tertiary/aromatic N) is 3. The number of methoxy groups -OCH3 is 1. The van der Waals surface area contributed by atoms with Crippen molar-refractivity contribution in [2.45, 2.75) is 29.2 Å². The van der Waals surface area contributed by atoms with Crippen LogP contribution in [0.25, 0.3) is 0 Å². The number of carbonyl (C=O) groups is 4. The van der Waals surface area contributed by atoms with E-state index in [0.29, 0.717) is 22.0 Å². The van der Waals surface area contributed by atoms with E-state index in [4.69, 9.17) is 34.9 Å². The molecule has 14 nitrogen and oxygen atoms in total. The van der Waals surface area contributed by atoms with Gasteiger partial charge < -0.3 is 35.4 Å². The summed E-state index contributed by atoms with van der Waals surface area (Å²) in [5, 5.41) is 13.1. The van der Waals surface area contributed by atoms with Crippen LogP contribution in [0, 0.1) is 0 Å². The van der Waals surface area contributed by atoms with Crippen LogP contribution in [-0.2, 0) is 46.4 Å². The second-order valence-corrected chi connectivity index (χ2v) is 20.0. The molecule has 2 atom stereocenters. The summed E-state index contributed by atoms with van der Waals surface area (Å²) in [5.74, 6) is -1.22. The highest BCUT2D eigenvalue weighted by molar-refractivity contribution is 8.00. The smallest absolute Gasteiger partial charge is 0.404 e. The van der Waals surface area contributed by atoms with Crippen LogP contribution in [0.15, 0.2) is 240 Å². The van der Waals surface area contributed by atoms with Crippen LogP contribution in [0.4, 0.5) is 9.93 Å². The van der Waals surface area contributed by atoms with Crippen molar-refractivity contribution in [3.8, 4) is 5.75 Å². The zero-order valence-electron chi connectivity index (χ0n) is 42.1. The Hall–Kier alpha value is -9.25. The highest BCUT2D eigenvalue weighted by Gasteiger charge is 2.55. The van der Waals surface area contributed by atoms with Crippen LogP contribution in [0.2, 0.25) is 0 Å². The molecular weight excluding hydrogens is 1020 g/mol. The lowest BCUT2D eigenvalue weighted by atomic mass is 9.77. The molecule has 16 heteroatoms. The third kappa shape index (κ3) is 10.8. The Morgan fingerprint density at radius 2 is 1.21 bits per heavy atom. The first kappa shape index (κ1) is 52.2. The molecule has 2 aliphatic rings. The number of esters is 1. The molecule has 0 radical (unpaired) electrons. The van der Waals surface area contributed by atoms with Crippen molar-refractivity contribution in [2.24, 2.45) is 10.9 Å². The number of rotatable bonds is 20. The van der Waals surface area contributed by atoms with Crippen LogP contribution in [0.5, 0.6) is 5.75 Å². The number of amides is 3. The molecule has 3 heterocycles. The Bertz CT molecular complexity index is 3280. The van der Waals surface area contributed by atoms with Gasteiger partial charge in [0.25, 0.3) is 11.8 Å². The van der Waals surface area contributed by atoms with E-state index in [-0.39, 0.29) is 36.1 Å². The van der Waals surface area contributed by atoms with E-state index in [0.717, 1.165) is 33.4 Å². The zero-order chi connectivity index (χ0) is 53.9. The molecule has 10 rings (SSSR count). The fourth-order valence-electron chi connectivity index (χ4n) is 9.61. The molecule has 0 saturated carbocycles. The molecule has 1 fully saturated rings. The SMILES string of the molecule is COc1ccc(COC(=O)C2=C(/C=C\COC(N)=O)CS[C@@H]3C(NC(=O)/C(=N\OC(c4ccccc4)(c4ccccc4)c4ccccc4)c4csc(NC(c5ccccc5)(c5ccccc5)c5ccccc5)n4)C(=O)N23)cc1. The minimum atomic E-state index is -1.39. The Kier molecular flexibility index (Phi) is 15.9. The number of carbonyl (C=O) groups excluding carboxylic acids is 4. The number of β-lactam (4-membered cyclic amide) rings is 1. The molecule has 3 amide bonds. The molecule has 78 heavy (non-hydrogen) atoms. The number of thiazole rings is 1. The molecule has 4 N–H and O–H groups in total. The summed E-state index contributed by atoms with van der Waals surface area (Å²) in [6.07, 6.45) is 2.14. The number of hydrogen-bond donors (Lipinski definition) is 3. The van der Waals surface area contributed by atoms with E-state index in [9.17, 15) is 14.4 Å². The van der Waals surface area contributed by atoms with Crippen LogP contribution in [-0.4, -0.2) is 70.4 Å². The number of allylic oxidation sites excluding steroid dienone is 1. The Balaban J connectivity index is 1.04. The van der Waals surface area contributed by atoms with E-state index in [1.165, 1.54) is 34.1 Å². The number of nitrogens with two attached hydrogens (primary N) is 1. The summed E-state index contributed by atoms with van der Waals surface area (Å²) in [4.78, 5) is 68.8. The van der Waals surface area contributed by atoms with E-state index >= 15 is 4.79 Å². The third-order valence-electron chi connectivity index (χ3n) is 13.3. The maximum absolute atomic E-state index is 15.3. The summed E-state index contributed by atoms with van der Waals surface area (Å²) < 4.78 is 16.0. The lowest BCUT2D eigenvalue weighted by Crippen LogP contribution is -2.71. The first-order valence-electron chi connectivity index (χ1n) is 24.9. The molecule has 1 unspecified atom stereocenters. The quantitative estimate of drug-likeness (QED) is 0.0217. The predicted octanol–water partition coefficient (Wildman–Crippen LogP) is 10.3. The largest absolute Gasteiger partial charge is 0.497 e. The van der Waals surface area contributed by atoms with Crippen LogP contribution in [0.3, 0.4) is 0 Å². The molecule has 390 valence electrons. The van der Waals surface area contributed by atoms with Gasteiger partial charge in [-0.1, -0.05) is 205 Å². The Morgan fingerprint density at radius 1 is 0.705 bits per heavy atom. The van der Waals surface area contributed by atoms with Gasteiger partial charge in [-0.3, -0.25) is 14.5 Å². The lowest BCUT2D eigenvalue weighted by Gasteiger charge is -2.49. The second kappa shape index (κ2) is 23.7. The van der Waals surface area contributed by atoms with Crippen molar-refractivity contribution >= 4 is 57.8 Å². The van der Waals surface area contributed by atoms with E-state index < -0.39 is 46.4 Å². The minimum Gasteiger partial charge on any atom is -0.497 e. The van der Waals surface area contributed by atoms with Gasteiger partial charge in [-0.05, 0) is 46.0 Å². The van der Waals surface area contributed by atoms with Gasteiger partial charge in [0, 0.05) is 27.8 Å². The number of primary amides is 1. The fourth-order valence-corrected chi connectivity index (χ4v) is 11.7. The number of oxime groups is 1. The zero-order valence-corrected chi connectivity index (χ0v) is 43.8. The van der Waals surface area contributed by atoms with E-state index in [1.54, 1.807) is 42.8 Å². The average molecular weight is 1070 g/mol. The number of thioether (sulfide) groups is 1. The van der Waals surface area contributed by atoms with Crippen molar-refractivity contribution < 1.29 is 38.2 Å². The fraction of sp³-hybridized carbons (Fsp3) is 0.129. The monoisotopic (exact) mass is 1070 g/mol. The van der Waals surface area contributed by atoms with Crippen LogP contribution in [0.1, 0.15) is 44.6 Å². The first-order valence-corrected chi connectivity index (χ1v) is 26.8. The number of ether oxygens (including phenoxy) is 3. The minimum absolute atomic E-state index is 0.0115. The number of fused-ring (bicyclic) bond motifs is 1. The molecule has 1 aromatic heterocycles. The topological polar surface area (TPSA) is 184 Å². The standard InChI is InChI=1S/C62H52N6O8S2/c1-73-50-36-34-42(35-37-50)39-75-58(71)54-43(21-20-38-74-59(63)72)40-77-57-53(56(70)68(54)57)65-55(69)52(67-76-62(47-28-14-5-15-29-47,48-30-16-6-17-31-48)49-32-18-7-19-33-49)51-41-78-60(64-51)66-61(44-22-8-2-9-23-44,45-24-10-3-11-25-45)46-26-12-4-13-27-46/h2-37,41,53,57H,38-40H2,1H3,(H2,63,72)(H,64,66)(H,65,69)/b21-20-,67-52-/t53?,57-/m1/s1. The Morgan fingerprint density at radius 3 is 1.69 bits per heavy atom. The van der Waals surface area contributed by atoms with Crippen molar-refractivity contribution in [3.05, 3.63) is 280 Å². The number of nitrogens with one attached hydrogen (secondary N) is 2. The lowest BCUT2D eigenvalue weighted by molar-refractivity contribution is -0.153. The van der Waals surface area contributed by atoms with Gasteiger partial charge in [0.05, 0.1) is 7.11 Å². The first-order chi connectivity index (χ1) is 38.2. The molecule has 1 saturated heterocycles. The van der Waals surface area contributed by atoms with Gasteiger partial charge in [-0.2, -0.15) is 0 Å². The van der Waals surface area contributed by atoms with Gasteiger partial charge in [0.1, 0.15) is 47.3 Å². The highest BCUT2D eigenvalue weighted by Crippen LogP contribution is 2.44. The van der Waals surface area contributed by atoms with Gasteiger partial charge >= 0.3 is 12.1 Å². The van der Waals surface area contributed by atoms with E-state index in [1.807, 2.05) is 146 Å². The average Bonchev–Trinajstić information content (AvgIpc) is 4.10. The maximum atomic E-state index is 15.3. The normalized spacial score (nSPS) is 15.4. The summed E-state index contributed by atoms with van der Waals surface area (Å²) in [7, 11) is 1.56. The van der Waals surface area contributed by atoms with Crippen LogP contribution >= 0.6 is 23.1 Å². The maximum Gasteiger partial charge on any atom is 0.404 e. The highest BCUT2D eigenvalue weighted by atomic mass is 32.2. The molecule has 0 bridgehead atoms. The number of benzene rings is 7. The number of aromatic nitrogens is 1. The van der Waals surface area contributed by atoms with Gasteiger partial charge in [-0.15, -0.1) is 23.1 Å². The van der Waals surface area contributed by atoms with Gasteiger partial charge in [0.15, 0.2) is 10.8 Å². The predicted molar refractivity (Wildman–Crippen MR) is 301 cm³/mol. The number of hydrogen-bond acceptors (Lipinski definition) is 13. The Labute approximate surface area is 459 Å². The van der Waals surface area contributed by atoms with Crippen molar-refractivity contribution in [3.63, 3.8) is 0 Å². The molecule has 7 aromatic carbocycles. The summed E-state index contributed by atoms with van der Waals surface area (Å²) in [6.45, 7) is -0.268. The van der Waals surface area contributed by atoms with Crippen molar-refractivity contribution in [1.82, 2.24) is 15.2 Å². The number of anilines is 1. The molecule has 0 spiro atoms. The molecule has 8 aromatic rings. The van der Waals surface area contributed by atoms with Gasteiger partial charge in [0.2, 0.25) is 5.60 Å². The van der Waals surface area contributed by atoms with Crippen molar-refractivity contribution in [1.29, 1.82) is 0 Å². The van der Waals surface area contributed by atoms with E-state index in [2.05, 4.69) is 47.0 Å². The molecule has 0 aliphatic carbocycles. The van der Waals surface area contributed by atoms with Crippen molar-refractivity contribution in [2.75, 3.05) is 24.8 Å². The summed E-state index contributed by atoms with van der Waals surface area (Å²) in [6, 6.07) is 65.0. The second-order valence-electron chi connectivity index (χ2n) is 18.0. The molecule has 2 aliphatic heterocycles. The molecular formula is C62H52N6O8S2. The third-order valence-corrected chi connectivity index (χ3v) is 15.4. The van der Waals surface area contributed by atoms with Crippen LogP contribution < -0.4 is 21.1 Å².